The van der Waals surface area contributed by atoms with E-state index in [1.54, 1.807) is 18.3 Å². The predicted molar refractivity (Wildman–Crippen MR) is 154 cm³/mol. The van der Waals surface area contributed by atoms with E-state index in [0.29, 0.717) is 24.3 Å². The Labute approximate surface area is 228 Å². The number of likely N-dealkylation sites (tertiary alicyclic amines) is 1. The van der Waals surface area contributed by atoms with Crippen molar-refractivity contribution < 1.29 is 9.90 Å². The Morgan fingerprint density at radius 3 is 2.67 bits per heavy atom. The van der Waals surface area contributed by atoms with E-state index in [1.807, 2.05) is 52.7 Å². The van der Waals surface area contributed by atoms with Gasteiger partial charge in [0, 0.05) is 41.9 Å². The lowest BCUT2D eigenvalue weighted by Gasteiger charge is -2.33. The number of para-hydroxylation sites is 1. The molecule has 2 aromatic heterocycles. The summed E-state index contributed by atoms with van der Waals surface area (Å²) in [5, 5.41) is 18.6. The molecule has 1 saturated heterocycles. The number of phenolic OH excluding ortho intramolecular Hbond substituents is 1. The van der Waals surface area contributed by atoms with Crippen molar-refractivity contribution >= 4 is 17.4 Å². The Morgan fingerprint density at radius 2 is 1.87 bits per heavy atom. The van der Waals surface area contributed by atoms with E-state index in [4.69, 9.17) is 4.98 Å². The summed E-state index contributed by atoms with van der Waals surface area (Å²) < 4.78 is 1.82. The molecule has 7 nitrogen and oxygen atoms in total. The minimum Gasteiger partial charge on any atom is -0.507 e. The lowest BCUT2D eigenvalue weighted by atomic mass is 9.95. The average Bonchev–Trinajstić information content (AvgIpc) is 3.35. The number of rotatable bonds is 6. The number of aryl methyl sites for hydroxylation is 1. The van der Waals surface area contributed by atoms with Crippen LogP contribution in [0.4, 0.5) is 5.82 Å². The van der Waals surface area contributed by atoms with Gasteiger partial charge in [-0.3, -0.25) is 4.79 Å². The van der Waals surface area contributed by atoms with E-state index in [-0.39, 0.29) is 17.7 Å². The first kappa shape index (κ1) is 24.9. The number of aromatic hydroxyl groups is 1. The predicted octanol–water partition coefficient (Wildman–Crippen LogP) is 5.95. The van der Waals surface area contributed by atoms with Crippen LogP contribution in [0.25, 0.3) is 16.9 Å². The van der Waals surface area contributed by atoms with Crippen LogP contribution in [0.2, 0.25) is 0 Å². The molecule has 2 N–H and O–H groups in total. The van der Waals surface area contributed by atoms with Crippen molar-refractivity contribution in [3.05, 3.63) is 101 Å². The van der Waals surface area contributed by atoms with Crippen LogP contribution in [-0.2, 0) is 6.42 Å². The zero-order chi connectivity index (χ0) is 26.8. The van der Waals surface area contributed by atoms with Crippen LogP contribution in [0.3, 0.4) is 0 Å². The molecule has 1 aliphatic heterocycles. The maximum atomic E-state index is 13.6. The van der Waals surface area contributed by atoms with E-state index in [1.165, 1.54) is 5.57 Å². The molecule has 2 aromatic carbocycles. The highest BCUT2D eigenvalue weighted by molar-refractivity contribution is 5.96. The molecular formula is C32H33N5O2. The van der Waals surface area contributed by atoms with E-state index < -0.39 is 0 Å². The smallest absolute Gasteiger partial charge is 0.254 e. The summed E-state index contributed by atoms with van der Waals surface area (Å²) in [6.07, 6.45) is 13.1. The molecule has 0 radical (unpaired) electrons. The molecule has 0 atom stereocenters. The molecule has 0 unspecified atom stereocenters. The number of amides is 1. The minimum atomic E-state index is 0.111. The standard InChI is InChI=1S/C32H33N5O2/c1-22-21-33-37-30(20-28(35-31(22)37)27-13-7-8-14-29(27)38)34-25-15-17-36(18-16-25)32(39)26-12-6-5-11-24(26)19-23-9-3-2-4-10-23/h3,5-14,20-21,25,34,38H,2,4,15-19H2,1H3. The molecule has 39 heavy (non-hydrogen) atoms. The van der Waals surface area contributed by atoms with Gasteiger partial charge < -0.3 is 15.3 Å². The second-order valence-corrected chi connectivity index (χ2v) is 10.4. The molecule has 0 bridgehead atoms. The molecule has 1 amide bonds. The van der Waals surface area contributed by atoms with Gasteiger partial charge in [-0.05, 0) is 68.4 Å². The maximum absolute atomic E-state index is 13.6. The van der Waals surface area contributed by atoms with Gasteiger partial charge in [0.05, 0.1) is 11.9 Å². The number of phenols is 1. The van der Waals surface area contributed by atoms with Crippen LogP contribution in [0.5, 0.6) is 5.75 Å². The second-order valence-electron chi connectivity index (χ2n) is 10.4. The highest BCUT2D eigenvalue weighted by Gasteiger charge is 2.26. The first-order chi connectivity index (χ1) is 19.1. The van der Waals surface area contributed by atoms with Gasteiger partial charge in [0.1, 0.15) is 11.6 Å². The third-order valence-electron chi connectivity index (χ3n) is 7.68. The van der Waals surface area contributed by atoms with Crippen molar-refractivity contribution in [2.24, 2.45) is 0 Å². The maximum Gasteiger partial charge on any atom is 0.254 e. The number of nitrogens with one attached hydrogen (secondary N) is 1. The fourth-order valence-electron chi connectivity index (χ4n) is 5.51. The zero-order valence-corrected chi connectivity index (χ0v) is 22.2. The molecule has 3 heterocycles. The summed E-state index contributed by atoms with van der Waals surface area (Å²) in [5.41, 5.74) is 6.27. The number of hydrogen-bond donors (Lipinski definition) is 2. The first-order valence-corrected chi connectivity index (χ1v) is 13.7. The molecule has 4 aromatic rings. The fourth-order valence-corrected chi connectivity index (χ4v) is 5.51. The number of carbonyl (C=O) groups excluding carboxylic acids is 1. The number of carbonyl (C=O) groups is 1. The van der Waals surface area contributed by atoms with Crippen molar-refractivity contribution in [2.75, 3.05) is 18.4 Å². The van der Waals surface area contributed by atoms with Crippen LogP contribution < -0.4 is 5.32 Å². The molecule has 2 aliphatic rings. The molecule has 198 valence electrons. The van der Waals surface area contributed by atoms with Crippen LogP contribution in [0.1, 0.15) is 47.2 Å². The number of piperidine rings is 1. The third-order valence-corrected chi connectivity index (χ3v) is 7.68. The van der Waals surface area contributed by atoms with Crippen molar-refractivity contribution in [3.8, 4) is 17.0 Å². The second kappa shape index (κ2) is 10.8. The van der Waals surface area contributed by atoms with Crippen molar-refractivity contribution in [1.29, 1.82) is 0 Å². The van der Waals surface area contributed by atoms with Crippen LogP contribution in [-0.4, -0.2) is 49.6 Å². The Morgan fingerprint density at radius 1 is 1.08 bits per heavy atom. The van der Waals surface area contributed by atoms with Crippen molar-refractivity contribution in [3.63, 3.8) is 0 Å². The molecule has 1 aliphatic carbocycles. The summed E-state index contributed by atoms with van der Waals surface area (Å²) in [5.74, 6) is 1.14. The average molecular weight is 520 g/mol. The molecule has 7 heteroatoms. The summed E-state index contributed by atoms with van der Waals surface area (Å²) in [7, 11) is 0. The number of allylic oxidation sites excluding steroid dienone is 4. The summed E-state index contributed by atoms with van der Waals surface area (Å²) in [6, 6.07) is 17.4. The van der Waals surface area contributed by atoms with E-state index in [2.05, 4.69) is 34.7 Å². The Balaban J connectivity index is 1.17. The first-order valence-electron chi connectivity index (χ1n) is 13.7. The molecule has 6 rings (SSSR count). The monoisotopic (exact) mass is 519 g/mol. The van der Waals surface area contributed by atoms with Gasteiger partial charge in [0.25, 0.3) is 5.91 Å². The number of benzene rings is 2. The van der Waals surface area contributed by atoms with Gasteiger partial charge >= 0.3 is 0 Å². The Hall–Kier alpha value is -4.39. The Bertz CT molecular complexity index is 1580. The van der Waals surface area contributed by atoms with Crippen molar-refractivity contribution in [1.82, 2.24) is 19.5 Å². The molecule has 1 fully saturated rings. The van der Waals surface area contributed by atoms with E-state index >= 15 is 0 Å². The lowest BCUT2D eigenvalue weighted by molar-refractivity contribution is 0.0717. The number of nitrogens with zero attached hydrogens (tertiary/aromatic N) is 4. The van der Waals surface area contributed by atoms with Gasteiger partial charge in [-0.1, -0.05) is 48.6 Å². The quantitative estimate of drug-likeness (QED) is 0.329. The largest absolute Gasteiger partial charge is 0.507 e. The fraction of sp³-hybridized carbons (Fsp3) is 0.281. The van der Waals surface area contributed by atoms with Crippen LogP contribution in [0.15, 0.2) is 84.6 Å². The number of hydrogen-bond acceptors (Lipinski definition) is 5. The lowest BCUT2D eigenvalue weighted by Crippen LogP contribution is -2.42. The van der Waals surface area contributed by atoms with Gasteiger partial charge in [0.15, 0.2) is 5.65 Å². The SMILES string of the molecule is Cc1cnn2c(NC3CCN(C(=O)c4ccccc4CC4=CCCC=C4)CC3)cc(-c3ccccc3O)nc12. The van der Waals surface area contributed by atoms with E-state index in [0.717, 1.165) is 60.3 Å². The van der Waals surface area contributed by atoms with E-state index in [9.17, 15) is 9.90 Å². The molecule has 0 spiro atoms. The number of aromatic nitrogens is 3. The highest BCUT2D eigenvalue weighted by atomic mass is 16.3. The van der Waals surface area contributed by atoms with Crippen LogP contribution in [0, 0.1) is 6.92 Å². The number of fused-ring (bicyclic) bond motifs is 1. The topological polar surface area (TPSA) is 82.8 Å². The Kier molecular flexibility index (Phi) is 6.88. The van der Waals surface area contributed by atoms with Crippen LogP contribution >= 0.6 is 0 Å². The number of anilines is 1. The summed E-state index contributed by atoms with van der Waals surface area (Å²) in [6.45, 7) is 3.36. The summed E-state index contributed by atoms with van der Waals surface area (Å²) >= 11 is 0. The van der Waals surface area contributed by atoms with Gasteiger partial charge in [-0.15, -0.1) is 0 Å². The van der Waals surface area contributed by atoms with Gasteiger partial charge in [-0.2, -0.15) is 9.61 Å². The summed E-state index contributed by atoms with van der Waals surface area (Å²) in [4.78, 5) is 20.3. The zero-order valence-electron chi connectivity index (χ0n) is 22.2. The van der Waals surface area contributed by atoms with Gasteiger partial charge in [-0.25, -0.2) is 4.98 Å². The minimum absolute atomic E-state index is 0.111. The van der Waals surface area contributed by atoms with Gasteiger partial charge in [0.2, 0.25) is 0 Å². The third kappa shape index (κ3) is 5.17. The normalized spacial score (nSPS) is 15.9. The highest BCUT2D eigenvalue weighted by Crippen LogP contribution is 2.31. The molecule has 0 saturated carbocycles. The molecular weight excluding hydrogens is 486 g/mol. The van der Waals surface area contributed by atoms with Crippen molar-refractivity contribution in [2.45, 2.75) is 45.1 Å².